The quantitative estimate of drug-likeness (QED) is 0.354. The van der Waals surface area contributed by atoms with Crippen molar-refractivity contribution in [1.82, 2.24) is 14.9 Å². The topological polar surface area (TPSA) is 96.6 Å². The normalized spacial score (nSPS) is 17.3. The molecule has 188 valence electrons. The third kappa shape index (κ3) is 4.86. The molecule has 5 rings (SSSR count). The van der Waals surface area contributed by atoms with E-state index in [-0.39, 0.29) is 5.69 Å². The zero-order valence-electron chi connectivity index (χ0n) is 21.0. The molecule has 2 aliphatic rings. The van der Waals surface area contributed by atoms with E-state index in [1.54, 1.807) is 12.1 Å². The van der Waals surface area contributed by atoms with Crippen molar-refractivity contribution in [2.45, 2.75) is 44.6 Å². The molecule has 3 aromatic rings. The smallest absolute Gasteiger partial charge is 0.243 e. The molecule has 3 N–H and O–H groups in total. The second-order valence-corrected chi connectivity index (χ2v) is 9.76. The first kappa shape index (κ1) is 24.1. The van der Waals surface area contributed by atoms with Gasteiger partial charge in [-0.05, 0) is 82.1 Å². The maximum atomic E-state index is 11.8. The van der Waals surface area contributed by atoms with E-state index in [0.29, 0.717) is 40.8 Å². The van der Waals surface area contributed by atoms with Gasteiger partial charge in [-0.1, -0.05) is 13.0 Å². The van der Waals surface area contributed by atoms with Crippen LogP contribution in [0, 0.1) is 0 Å². The molecule has 0 radical (unpaired) electrons. The highest BCUT2D eigenvalue weighted by atomic mass is 16.5. The number of aldehydes is 1. The summed E-state index contributed by atoms with van der Waals surface area (Å²) < 4.78 is 5.99. The van der Waals surface area contributed by atoms with Crippen LogP contribution in [0.3, 0.4) is 0 Å². The zero-order chi connectivity index (χ0) is 25.1. The van der Waals surface area contributed by atoms with E-state index >= 15 is 0 Å². The number of ether oxygens (including phenoxy) is 1. The molecule has 2 fully saturated rings. The number of aryl methyl sites for hydroxylation is 1. The van der Waals surface area contributed by atoms with Crippen molar-refractivity contribution in [3.05, 3.63) is 59.9 Å². The van der Waals surface area contributed by atoms with Crippen LogP contribution in [0.4, 0.5) is 22.9 Å². The second kappa shape index (κ2) is 10.1. The average Bonchev–Trinajstić information content (AvgIpc) is 3.24. The van der Waals surface area contributed by atoms with Crippen LogP contribution in [0.5, 0.6) is 11.6 Å². The lowest BCUT2D eigenvalue weighted by atomic mass is 9.85. The molecular weight excluding hydrogens is 452 g/mol. The first-order chi connectivity index (χ1) is 17.5. The Kier molecular flexibility index (Phi) is 6.78. The van der Waals surface area contributed by atoms with Crippen molar-refractivity contribution in [3.63, 3.8) is 0 Å². The fourth-order valence-corrected chi connectivity index (χ4v) is 5.42. The monoisotopic (exact) mass is 486 g/mol. The summed E-state index contributed by atoms with van der Waals surface area (Å²) in [6.07, 6.45) is 6.35. The number of nitrogens with zero attached hydrogens (tertiary/aromatic N) is 4. The second-order valence-electron chi connectivity index (χ2n) is 9.76. The van der Waals surface area contributed by atoms with E-state index in [0.717, 1.165) is 25.1 Å². The van der Waals surface area contributed by atoms with Gasteiger partial charge in [-0.15, -0.1) is 0 Å². The number of likely N-dealkylation sites (tertiary alicyclic amines) is 1. The molecule has 0 aliphatic carbocycles. The van der Waals surface area contributed by atoms with Crippen molar-refractivity contribution < 1.29 is 9.53 Å². The molecule has 0 atom stereocenters. The molecule has 36 heavy (non-hydrogen) atoms. The van der Waals surface area contributed by atoms with Crippen LogP contribution in [-0.2, 0) is 6.42 Å². The van der Waals surface area contributed by atoms with Crippen LogP contribution in [0.2, 0.25) is 0 Å². The van der Waals surface area contributed by atoms with E-state index in [9.17, 15) is 4.79 Å². The number of aromatic nitrogens is 2. The van der Waals surface area contributed by atoms with Crippen LogP contribution in [0.15, 0.2) is 48.5 Å². The number of nitrogen functional groups attached to an aromatic ring is 1. The minimum Gasteiger partial charge on any atom is -0.437 e. The summed E-state index contributed by atoms with van der Waals surface area (Å²) in [5.41, 5.74) is 9.78. The molecule has 3 heterocycles. The van der Waals surface area contributed by atoms with Gasteiger partial charge >= 0.3 is 0 Å². The Morgan fingerprint density at radius 2 is 1.86 bits per heavy atom. The maximum absolute atomic E-state index is 11.8. The molecule has 1 spiro atoms. The number of piperidine rings is 1. The third-order valence-electron chi connectivity index (χ3n) is 7.61. The van der Waals surface area contributed by atoms with Gasteiger partial charge in [0.15, 0.2) is 12.1 Å². The Bertz CT molecular complexity index is 1220. The van der Waals surface area contributed by atoms with E-state index in [1.165, 1.54) is 37.9 Å². The van der Waals surface area contributed by atoms with Gasteiger partial charge in [-0.3, -0.25) is 4.79 Å². The molecule has 0 amide bonds. The van der Waals surface area contributed by atoms with Gasteiger partial charge in [-0.2, -0.15) is 4.98 Å². The number of nitrogens with two attached hydrogens (primary N) is 1. The van der Waals surface area contributed by atoms with Gasteiger partial charge in [0.2, 0.25) is 5.88 Å². The Morgan fingerprint density at radius 1 is 1.08 bits per heavy atom. The minimum atomic E-state index is 0.248. The molecular formula is C28H34N6O2. The summed E-state index contributed by atoms with van der Waals surface area (Å²) in [5, 5.41) is 3.25. The van der Waals surface area contributed by atoms with Crippen molar-refractivity contribution in [1.29, 1.82) is 0 Å². The summed E-state index contributed by atoms with van der Waals surface area (Å²) in [4.78, 5) is 25.9. The largest absolute Gasteiger partial charge is 0.437 e. The minimum absolute atomic E-state index is 0.248. The number of rotatable bonds is 7. The van der Waals surface area contributed by atoms with E-state index in [4.69, 9.17) is 10.5 Å². The number of carbonyl (C=O) groups is 1. The SMILES string of the molecule is CCc1nc(C=O)c(Nc2ccc(N3CCC4(CCCN4C)CC3)cc2)nc1Oc1cccc(N)c1. The average molecular weight is 487 g/mol. The van der Waals surface area contributed by atoms with Gasteiger partial charge in [0.05, 0.1) is 0 Å². The molecule has 0 unspecified atom stereocenters. The maximum Gasteiger partial charge on any atom is 0.243 e. The molecule has 1 aromatic heterocycles. The lowest BCUT2D eigenvalue weighted by Crippen LogP contribution is -2.50. The van der Waals surface area contributed by atoms with Gasteiger partial charge in [0.25, 0.3) is 0 Å². The van der Waals surface area contributed by atoms with Gasteiger partial charge in [0.1, 0.15) is 17.1 Å². The summed E-state index contributed by atoms with van der Waals surface area (Å²) >= 11 is 0. The molecule has 8 nitrogen and oxygen atoms in total. The Hall–Kier alpha value is -3.65. The van der Waals surface area contributed by atoms with Crippen molar-refractivity contribution in [3.8, 4) is 11.6 Å². The lowest BCUT2D eigenvalue weighted by Gasteiger charge is -2.44. The third-order valence-corrected chi connectivity index (χ3v) is 7.61. The van der Waals surface area contributed by atoms with Crippen LogP contribution in [-0.4, -0.2) is 53.4 Å². The van der Waals surface area contributed by atoms with Crippen molar-refractivity contribution in [2.24, 2.45) is 0 Å². The summed E-state index contributed by atoms with van der Waals surface area (Å²) in [6.45, 7) is 5.31. The zero-order valence-corrected chi connectivity index (χ0v) is 21.0. The molecule has 8 heteroatoms. The van der Waals surface area contributed by atoms with Crippen LogP contribution in [0.25, 0.3) is 0 Å². The summed E-state index contributed by atoms with van der Waals surface area (Å²) in [6, 6.07) is 15.4. The Labute approximate surface area is 212 Å². The number of benzene rings is 2. The predicted molar refractivity (Wildman–Crippen MR) is 143 cm³/mol. The standard InChI is InChI=1S/C28H34N6O2/c1-3-24-27(36-23-7-4-6-20(29)18-23)32-26(25(19-35)31-24)30-21-8-10-22(11-9-21)34-16-13-28(14-17-34)12-5-15-33(28)2/h4,6-11,18-19H,3,5,12-17,29H2,1-2H3,(H,30,32). The van der Waals surface area contributed by atoms with Crippen LogP contribution in [0.1, 0.15) is 48.8 Å². The summed E-state index contributed by atoms with van der Waals surface area (Å²) in [5.74, 6) is 1.28. The molecule has 2 aromatic carbocycles. The first-order valence-corrected chi connectivity index (χ1v) is 12.7. The highest BCUT2D eigenvalue weighted by molar-refractivity contribution is 5.82. The number of anilines is 4. The number of hydrogen-bond acceptors (Lipinski definition) is 8. The van der Waals surface area contributed by atoms with Crippen LogP contribution >= 0.6 is 0 Å². The molecule has 2 aliphatic heterocycles. The summed E-state index contributed by atoms with van der Waals surface area (Å²) in [7, 11) is 2.28. The number of carbonyl (C=O) groups excluding carboxylic acids is 1. The fraction of sp³-hybridized carbons (Fsp3) is 0.393. The van der Waals surface area contributed by atoms with Crippen molar-refractivity contribution in [2.75, 3.05) is 42.6 Å². The first-order valence-electron chi connectivity index (χ1n) is 12.7. The predicted octanol–water partition coefficient (Wildman–Crippen LogP) is 5.03. The van der Waals surface area contributed by atoms with Gasteiger partial charge in [-0.25, -0.2) is 4.98 Å². The number of hydrogen-bond donors (Lipinski definition) is 2. The number of nitrogens with one attached hydrogen (secondary N) is 1. The van der Waals surface area contributed by atoms with Gasteiger partial charge < -0.3 is 25.6 Å². The van der Waals surface area contributed by atoms with E-state index < -0.39 is 0 Å². The van der Waals surface area contributed by atoms with Crippen molar-refractivity contribution >= 4 is 29.2 Å². The molecule has 0 saturated carbocycles. The van der Waals surface area contributed by atoms with E-state index in [2.05, 4.69) is 44.3 Å². The Balaban J connectivity index is 1.31. The lowest BCUT2D eigenvalue weighted by molar-refractivity contribution is 0.111. The van der Waals surface area contributed by atoms with Gasteiger partial charge in [0, 0.05) is 41.8 Å². The van der Waals surface area contributed by atoms with Crippen LogP contribution < -0.4 is 20.7 Å². The Morgan fingerprint density at radius 3 is 2.50 bits per heavy atom. The molecule has 2 saturated heterocycles. The highest BCUT2D eigenvalue weighted by Crippen LogP contribution is 2.38. The molecule has 0 bridgehead atoms. The highest BCUT2D eigenvalue weighted by Gasteiger charge is 2.41. The van der Waals surface area contributed by atoms with E-state index in [1.807, 2.05) is 31.2 Å². The fourth-order valence-electron chi connectivity index (χ4n) is 5.42.